The van der Waals surface area contributed by atoms with Gasteiger partial charge in [0.1, 0.15) is 17.4 Å². The molecule has 1 N–H and O–H groups in total. The van der Waals surface area contributed by atoms with Gasteiger partial charge in [-0.15, -0.1) is 0 Å². The Morgan fingerprint density at radius 1 is 1.21 bits per heavy atom. The number of benzene rings is 1. The minimum Gasteiger partial charge on any atom is -0.459 e. The van der Waals surface area contributed by atoms with Gasteiger partial charge in [0, 0.05) is 17.6 Å². The van der Waals surface area contributed by atoms with Crippen LogP contribution in [0.15, 0.2) is 22.7 Å². The van der Waals surface area contributed by atoms with Crippen molar-refractivity contribution in [2.24, 2.45) is 0 Å². The van der Waals surface area contributed by atoms with Crippen molar-refractivity contribution < 1.29 is 18.4 Å². The molecular weight excluding hydrogens is 406 g/mol. The van der Waals surface area contributed by atoms with Crippen molar-refractivity contribution in [1.29, 1.82) is 0 Å². The van der Waals surface area contributed by atoms with E-state index < -0.39 is 11.6 Å². The number of hydrogen-bond acceptors (Lipinski definition) is 5. The molecule has 2 saturated heterocycles. The van der Waals surface area contributed by atoms with Crippen LogP contribution in [-0.2, 0) is 10.4 Å². The van der Waals surface area contributed by atoms with E-state index in [4.69, 9.17) is 32.5 Å². The Hall–Kier alpha value is -1.63. The maximum atomic E-state index is 14.9. The van der Waals surface area contributed by atoms with E-state index in [0.29, 0.717) is 27.7 Å². The molecule has 1 aromatic carbocycles. The average molecular weight is 425 g/mol. The Balaban J connectivity index is 1.52. The van der Waals surface area contributed by atoms with Crippen molar-refractivity contribution in [2.45, 2.75) is 62.4 Å². The van der Waals surface area contributed by atoms with Gasteiger partial charge in [0.25, 0.3) is 0 Å². The fourth-order valence-corrected chi connectivity index (χ4v) is 4.90. The molecule has 0 amide bonds. The monoisotopic (exact) mass is 424 g/mol. The van der Waals surface area contributed by atoms with Crippen LogP contribution >= 0.6 is 23.2 Å². The molecule has 2 aromatic rings. The van der Waals surface area contributed by atoms with E-state index in [2.05, 4.69) is 10.5 Å². The van der Waals surface area contributed by atoms with E-state index in [0.717, 1.165) is 25.7 Å². The molecule has 5 rings (SSSR count). The molecule has 5 nitrogen and oxygen atoms in total. The predicted octanol–water partition coefficient (Wildman–Crippen LogP) is 5.05. The summed E-state index contributed by atoms with van der Waals surface area (Å²) in [6, 6.07) is 5.70. The minimum atomic E-state index is -1.68. The Morgan fingerprint density at radius 3 is 2.46 bits per heavy atom. The third-order valence-corrected chi connectivity index (χ3v) is 6.53. The first-order chi connectivity index (χ1) is 13.4. The van der Waals surface area contributed by atoms with E-state index in [1.54, 1.807) is 18.2 Å². The quantitative estimate of drug-likeness (QED) is 0.695. The molecule has 0 radical (unpaired) electrons. The number of nitrogens with one attached hydrogen (secondary N) is 1. The Labute approximate surface area is 171 Å². The molecule has 3 fully saturated rings. The number of esters is 1. The molecular formula is C20H19Cl2FN2O3. The third kappa shape index (κ3) is 3.11. The van der Waals surface area contributed by atoms with Gasteiger partial charge < -0.3 is 14.6 Å². The summed E-state index contributed by atoms with van der Waals surface area (Å²) in [5.41, 5.74) is -1.19. The largest absolute Gasteiger partial charge is 0.459 e. The molecule has 148 valence electrons. The summed E-state index contributed by atoms with van der Waals surface area (Å²) in [6.45, 7) is 0. The van der Waals surface area contributed by atoms with E-state index in [1.807, 2.05) is 0 Å². The van der Waals surface area contributed by atoms with Gasteiger partial charge in [-0.1, -0.05) is 34.4 Å². The molecule has 3 atom stereocenters. The highest BCUT2D eigenvalue weighted by Crippen LogP contribution is 2.53. The van der Waals surface area contributed by atoms with Gasteiger partial charge in [-0.25, -0.2) is 9.18 Å². The second-order valence-electron chi connectivity index (χ2n) is 7.93. The van der Waals surface area contributed by atoms with E-state index in [1.165, 1.54) is 0 Å². The van der Waals surface area contributed by atoms with Crippen LogP contribution in [0.5, 0.6) is 0 Å². The third-order valence-electron chi connectivity index (χ3n) is 5.90. The van der Waals surface area contributed by atoms with Gasteiger partial charge in [0.2, 0.25) is 0 Å². The molecule has 1 aromatic heterocycles. The predicted molar refractivity (Wildman–Crippen MR) is 102 cm³/mol. The molecule has 2 aliphatic heterocycles. The molecule has 3 aliphatic rings. The van der Waals surface area contributed by atoms with Crippen LogP contribution in [0.25, 0.3) is 11.3 Å². The highest BCUT2D eigenvalue weighted by atomic mass is 35.5. The van der Waals surface area contributed by atoms with Gasteiger partial charge in [0.15, 0.2) is 11.4 Å². The number of rotatable bonds is 4. The number of piperidine rings is 1. The smallest absolute Gasteiger partial charge is 0.344 e. The fourth-order valence-electron chi connectivity index (χ4n) is 4.33. The van der Waals surface area contributed by atoms with E-state index >= 15 is 0 Å². The molecule has 0 unspecified atom stereocenters. The van der Waals surface area contributed by atoms with E-state index in [-0.39, 0.29) is 36.0 Å². The number of carbonyl (C=O) groups is 1. The van der Waals surface area contributed by atoms with Crippen LogP contribution in [0.2, 0.25) is 10.0 Å². The summed E-state index contributed by atoms with van der Waals surface area (Å²) >= 11 is 12.6. The van der Waals surface area contributed by atoms with Crippen molar-refractivity contribution in [1.82, 2.24) is 10.5 Å². The number of hydrogen-bond donors (Lipinski definition) is 1. The first-order valence-electron chi connectivity index (χ1n) is 9.55. The highest BCUT2D eigenvalue weighted by Gasteiger charge is 2.53. The van der Waals surface area contributed by atoms with Crippen molar-refractivity contribution in [3.05, 3.63) is 39.6 Å². The topological polar surface area (TPSA) is 64.4 Å². The van der Waals surface area contributed by atoms with Crippen molar-refractivity contribution in [3.63, 3.8) is 0 Å². The molecule has 2 bridgehead atoms. The summed E-state index contributed by atoms with van der Waals surface area (Å²) in [7, 11) is 0. The number of nitrogens with zero attached hydrogens (tertiary/aromatic N) is 1. The Kier molecular flexibility index (Phi) is 4.41. The molecule has 3 heterocycles. The molecule has 1 aliphatic carbocycles. The van der Waals surface area contributed by atoms with Gasteiger partial charge in [-0.3, -0.25) is 0 Å². The molecule has 28 heavy (non-hydrogen) atoms. The summed E-state index contributed by atoms with van der Waals surface area (Å²) in [4.78, 5) is 13.1. The fraction of sp³-hybridized carbons (Fsp3) is 0.500. The van der Waals surface area contributed by atoms with Crippen LogP contribution in [-0.4, -0.2) is 29.3 Å². The summed E-state index contributed by atoms with van der Waals surface area (Å²) in [6.07, 6.45) is 4.05. The average Bonchev–Trinajstić information content (AvgIpc) is 3.09. The molecule has 8 heteroatoms. The first-order valence-corrected chi connectivity index (χ1v) is 10.3. The second kappa shape index (κ2) is 6.71. The number of alkyl halides is 1. The van der Waals surface area contributed by atoms with Crippen molar-refractivity contribution in [3.8, 4) is 11.3 Å². The van der Waals surface area contributed by atoms with Gasteiger partial charge in [-0.05, 0) is 50.7 Å². The minimum absolute atomic E-state index is 0.000814. The summed E-state index contributed by atoms with van der Waals surface area (Å²) < 4.78 is 26.0. The zero-order valence-corrected chi connectivity index (χ0v) is 16.5. The normalized spacial score (nSPS) is 27.6. The lowest BCUT2D eigenvalue weighted by atomic mass is 10.0. The van der Waals surface area contributed by atoms with Crippen molar-refractivity contribution >= 4 is 29.2 Å². The zero-order valence-electron chi connectivity index (χ0n) is 15.0. The van der Waals surface area contributed by atoms with Gasteiger partial charge in [0.05, 0.1) is 10.0 Å². The number of ether oxygens (including phenoxy) is 1. The lowest BCUT2D eigenvalue weighted by Gasteiger charge is -2.28. The van der Waals surface area contributed by atoms with Crippen molar-refractivity contribution in [2.75, 3.05) is 0 Å². The first kappa shape index (κ1) is 18.4. The lowest BCUT2D eigenvalue weighted by molar-refractivity contribution is 0.0172. The number of fused-ring (bicyclic) bond motifs is 2. The highest BCUT2D eigenvalue weighted by molar-refractivity contribution is 6.39. The number of halogens is 3. The van der Waals surface area contributed by atoms with Gasteiger partial charge in [-0.2, -0.15) is 0 Å². The Bertz CT molecular complexity index is 911. The summed E-state index contributed by atoms with van der Waals surface area (Å²) in [5, 5.41) is 8.10. The summed E-state index contributed by atoms with van der Waals surface area (Å²) in [5.74, 6) is -0.710. The number of carbonyl (C=O) groups excluding carboxylic acids is 1. The van der Waals surface area contributed by atoms with Crippen LogP contribution in [0.3, 0.4) is 0 Å². The Morgan fingerprint density at radius 2 is 1.86 bits per heavy atom. The molecule has 1 saturated carbocycles. The van der Waals surface area contributed by atoms with Crippen LogP contribution < -0.4 is 5.32 Å². The van der Waals surface area contributed by atoms with Crippen LogP contribution in [0.1, 0.15) is 54.6 Å². The van der Waals surface area contributed by atoms with Crippen LogP contribution in [0, 0.1) is 0 Å². The SMILES string of the molecule is O=C(O[C@H]1C[C@H]2CC[C@@H](C1)N2)c1c(-c2c(Cl)cccc2Cl)noc1C1(F)CC1. The van der Waals surface area contributed by atoms with E-state index in [9.17, 15) is 9.18 Å². The number of aromatic nitrogens is 1. The standard InChI is InChI=1S/C20H19Cl2FN2O3/c21-13-2-1-3-14(22)15(13)17-16(18(28-25-17)20(23)6-7-20)19(26)27-12-8-10-4-5-11(9-12)24-10/h1-3,10-12,24H,4-9H2/t10-,11+,12+. The second-order valence-corrected chi connectivity index (χ2v) is 8.75. The maximum absolute atomic E-state index is 14.9. The van der Waals surface area contributed by atoms with Gasteiger partial charge >= 0.3 is 5.97 Å². The molecule has 0 spiro atoms. The zero-order chi connectivity index (χ0) is 19.5. The maximum Gasteiger partial charge on any atom is 0.344 e. The van der Waals surface area contributed by atoms with Crippen LogP contribution in [0.4, 0.5) is 4.39 Å². The lowest BCUT2D eigenvalue weighted by Crippen LogP contribution is -2.42.